The molecule has 0 radical (unpaired) electrons. The number of hydrogen-bond donors (Lipinski definition) is 3. The highest BCUT2D eigenvalue weighted by molar-refractivity contribution is 5.92. The molecule has 1 aromatic carbocycles. The first-order valence-electron chi connectivity index (χ1n) is 9.86. The quantitative estimate of drug-likeness (QED) is 0.532. The van der Waals surface area contributed by atoms with Crippen LogP contribution in [-0.4, -0.2) is 23.1 Å². The van der Waals surface area contributed by atoms with Crippen molar-refractivity contribution in [3.8, 4) is 17.3 Å². The van der Waals surface area contributed by atoms with E-state index < -0.39 is 17.4 Å². The summed E-state index contributed by atoms with van der Waals surface area (Å²) in [5.74, 6) is 0.478. The van der Waals surface area contributed by atoms with Crippen LogP contribution < -0.4 is 5.32 Å². The summed E-state index contributed by atoms with van der Waals surface area (Å²) in [6, 6.07) is 7.80. The van der Waals surface area contributed by atoms with Crippen LogP contribution in [0.5, 0.6) is 0 Å². The maximum Gasteiger partial charge on any atom is 0.419 e. The summed E-state index contributed by atoms with van der Waals surface area (Å²) in [6.07, 6.45) is -1.22. The summed E-state index contributed by atoms with van der Waals surface area (Å²) < 4.78 is 41.2. The Labute approximate surface area is 167 Å². The first-order valence-corrected chi connectivity index (χ1v) is 9.86. The second kappa shape index (κ2) is 7.27. The van der Waals surface area contributed by atoms with Crippen molar-refractivity contribution >= 4 is 10.9 Å². The zero-order valence-corrected chi connectivity index (χ0v) is 16.4. The average molecular weight is 400 g/mol. The molecule has 0 amide bonds. The predicted octanol–water partition coefficient (Wildman–Crippen LogP) is 5.64. The number of aromatic amines is 2. The molecule has 7 heteroatoms. The van der Waals surface area contributed by atoms with Gasteiger partial charge >= 0.3 is 6.18 Å². The van der Waals surface area contributed by atoms with Crippen LogP contribution in [0.4, 0.5) is 13.2 Å². The van der Waals surface area contributed by atoms with E-state index in [-0.39, 0.29) is 11.5 Å². The van der Waals surface area contributed by atoms with Crippen LogP contribution in [0.3, 0.4) is 0 Å². The van der Waals surface area contributed by atoms with E-state index in [2.05, 4.69) is 27.4 Å². The molecule has 3 heterocycles. The van der Waals surface area contributed by atoms with Gasteiger partial charge < -0.3 is 15.3 Å². The number of aromatic nitrogens is 2. The van der Waals surface area contributed by atoms with Crippen molar-refractivity contribution in [2.75, 3.05) is 13.1 Å². The molecule has 1 aliphatic heterocycles. The highest BCUT2D eigenvalue weighted by Gasteiger charge is 2.39. The van der Waals surface area contributed by atoms with Crippen LogP contribution in [-0.2, 0) is 6.18 Å². The van der Waals surface area contributed by atoms with Crippen LogP contribution in [0.2, 0.25) is 0 Å². The monoisotopic (exact) mass is 400 g/mol. The Balaban J connectivity index is 1.91. The van der Waals surface area contributed by atoms with Crippen LogP contribution in [0.15, 0.2) is 24.4 Å². The Morgan fingerprint density at radius 3 is 2.52 bits per heavy atom. The molecule has 0 unspecified atom stereocenters. The largest absolute Gasteiger partial charge is 0.419 e. The molecule has 0 spiro atoms. The molecule has 1 aliphatic rings. The Bertz CT molecular complexity index is 1080. The molecular weight excluding hydrogens is 377 g/mol. The number of nitrogens with one attached hydrogen (secondary N) is 3. The van der Waals surface area contributed by atoms with Gasteiger partial charge in [0.15, 0.2) is 0 Å². The van der Waals surface area contributed by atoms with Crippen molar-refractivity contribution in [2.45, 2.75) is 44.7 Å². The lowest BCUT2D eigenvalue weighted by Crippen LogP contribution is -2.26. The van der Waals surface area contributed by atoms with E-state index in [4.69, 9.17) is 5.26 Å². The van der Waals surface area contributed by atoms with E-state index in [9.17, 15) is 13.2 Å². The SMILES string of the molecule is CC(C)c1c(-c2c[nH]c(C#N)c2C(F)(F)F)[nH]c2ccc(C3CCNCC3)cc12. The summed E-state index contributed by atoms with van der Waals surface area (Å²) in [6.45, 7) is 5.92. The second-order valence-corrected chi connectivity index (χ2v) is 7.96. The minimum Gasteiger partial charge on any atom is -0.354 e. The molecule has 0 atom stereocenters. The van der Waals surface area contributed by atoms with E-state index in [1.807, 2.05) is 19.9 Å². The molecule has 4 nitrogen and oxygen atoms in total. The Hall–Kier alpha value is -2.72. The lowest BCUT2D eigenvalue weighted by atomic mass is 9.88. The maximum absolute atomic E-state index is 13.7. The summed E-state index contributed by atoms with van der Waals surface area (Å²) in [5, 5.41) is 13.5. The van der Waals surface area contributed by atoms with Gasteiger partial charge in [-0.2, -0.15) is 18.4 Å². The van der Waals surface area contributed by atoms with E-state index in [1.54, 1.807) is 6.07 Å². The molecular formula is C22H23F3N4. The van der Waals surface area contributed by atoms with Gasteiger partial charge in [0.05, 0.1) is 5.69 Å². The Morgan fingerprint density at radius 2 is 1.90 bits per heavy atom. The van der Waals surface area contributed by atoms with Crippen molar-refractivity contribution in [3.63, 3.8) is 0 Å². The number of fused-ring (bicyclic) bond motifs is 1. The highest BCUT2D eigenvalue weighted by atomic mass is 19.4. The number of H-pyrrole nitrogens is 2. The zero-order valence-electron chi connectivity index (χ0n) is 16.4. The van der Waals surface area contributed by atoms with Gasteiger partial charge in [-0.15, -0.1) is 0 Å². The summed E-state index contributed by atoms with van der Waals surface area (Å²) in [5.41, 5.74) is 1.96. The summed E-state index contributed by atoms with van der Waals surface area (Å²) in [7, 11) is 0. The van der Waals surface area contributed by atoms with Gasteiger partial charge in [0.25, 0.3) is 0 Å². The number of piperidine rings is 1. The fraction of sp³-hybridized carbons (Fsp3) is 0.409. The maximum atomic E-state index is 13.7. The molecule has 2 aromatic heterocycles. The molecule has 1 fully saturated rings. The average Bonchev–Trinajstić information content (AvgIpc) is 3.29. The molecule has 1 saturated heterocycles. The van der Waals surface area contributed by atoms with E-state index in [0.29, 0.717) is 11.6 Å². The Morgan fingerprint density at radius 1 is 1.17 bits per heavy atom. The van der Waals surface area contributed by atoms with Gasteiger partial charge in [0.2, 0.25) is 0 Å². The molecule has 3 aromatic rings. The molecule has 152 valence electrons. The van der Waals surface area contributed by atoms with Gasteiger partial charge in [-0.1, -0.05) is 19.9 Å². The summed E-state index contributed by atoms with van der Waals surface area (Å²) >= 11 is 0. The number of hydrogen-bond acceptors (Lipinski definition) is 2. The molecule has 3 N–H and O–H groups in total. The highest BCUT2D eigenvalue weighted by Crippen LogP contribution is 2.44. The predicted molar refractivity (Wildman–Crippen MR) is 107 cm³/mol. The number of rotatable bonds is 3. The minimum atomic E-state index is -4.62. The lowest BCUT2D eigenvalue weighted by Gasteiger charge is -2.23. The molecule has 0 saturated carbocycles. The fourth-order valence-electron chi connectivity index (χ4n) is 4.45. The summed E-state index contributed by atoms with van der Waals surface area (Å²) in [4.78, 5) is 5.69. The standard InChI is InChI=1S/C22H23F3N4/c1-12(2)19-15-9-14(13-5-7-27-8-6-13)3-4-17(15)29-21(19)16-11-28-18(10-26)20(16)22(23,24)25/h3-4,9,11-13,27-29H,5-8H2,1-2H3. The van der Waals surface area contributed by atoms with Gasteiger partial charge in [-0.25, -0.2) is 0 Å². The first kappa shape index (κ1) is 19.6. The van der Waals surface area contributed by atoms with Crippen molar-refractivity contribution in [1.29, 1.82) is 5.26 Å². The Kier molecular flexibility index (Phi) is 4.91. The third-order valence-corrected chi connectivity index (χ3v) is 5.80. The van der Waals surface area contributed by atoms with E-state index in [1.165, 1.54) is 11.8 Å². The fourth-order valence-corrected chi connectivity index (χ4v) is 4.45. The van der Waals surface area contributed by atoms with Crippen LogP contribution in [0.1, 0.15) is 60.9 Å². The third-order valence-electron chi connectivity index (χ3n) is 5.80. The minimum absolute atomic E-state index is 0.00244. The lowest BCUT2D eigenvalue weighted by molar-refractivity contribution is -0.137. The molecule has 0 aliphatic carbocycles. The molecule has 4 rings (SSSR count). The number of benzene rings is 1. The smallest absolute Gasteiger partial charge is 0.354 e. The normalized spacial score (nSPS) is 15.9. The van der Waals surface area contributed by atoms with Gasteiger partial charge in [-0.05, 0) is 61.0 Å². The van der Waals surface area contributed by atoms with Crippen LogP contribution >= 0.6 is 0 Å². The van der Waals surface area contributed by atoms with Crippen molar-refractivity contribution in [1.82, 2.24) is 15.3 Å². The van der Waals surface area contributed by atoms with Gasteiger partial charge in [0.1, 0.15) is 17.3 Å². The number of nitriles is 1. The molecule has 29 heavy (non-hydrogen) atoms. The zero-order chi connectivity index (χ0) is 20.8. The van der Waals surface area contributed by atoms with Gasteiger partial charge in [0, 0.05) is 22.7 Å². The molecule has 0 bridgehead atoms. The van der Waals surface area contributed by atoms with Crippen molar-refractivity contribution < 1.29 is 13.2 Å². The number of alkyl halides is 3. The van der Waals surface area contributed by atoms with Crippen molar-refractivity contribution in [3.05, 3.63) is 46.8 Å². The van der Waals surface area contributed by atoms with Crippen LogP contribution in [0, 0.1) is 11.3 Å². The second-order valence-electron chi connectivity index (χ2n) is 7.96. The first-order chi connectivity index (χ1) is 13.8. The van der Waals surface area contributed by atoms with Gasteiger partial charge in [-0.3, -0.25) is 0 Å². The van der Waals surface area contributed by atoms with E-state index in [0.717, 1.165) is 42.4 Å². The van der Waals surface area contributed by atoms with Crippen LogP contribution in [0.25, 0.3) is 22.2 Å². The van der Waals surface area contributed by atoms with E-state index >= 15 is 0 Å². The van der Waals surface area contributed by atoms with Crippen molar-refractivity contribution in [2.24, 2.45) is 0 Å². The topological polar surface area (TPSA) is 67.4 Å². The third kappa shape index (κ3) is 3.42. The number of halogens is 3. The number of nitrogens with zero attached hydrogens (tertiary/aromatic N) is 1.